The number of fused-ring (bicyclic) bond motifs is 1. The average Bonchev–Trinajstić information content (AvgIpc) is 2.78. The highest BCUT2D eigenvalue weighted by atomic mass is 19.1. The third-order valence-electron chi connectivity index (χ3n) is 4.32. The molecule has 124 valence electrons. The summed E-state index contributed by atoms with van der Waals surface area (Å²) in [6.07, 6.45) is 6.13. The van der Waals surface area contributed by atoms with E-state index < -0.39 is 17.5 Å². The van der Waals surface area contributed by atoms with Crippen molar-refractivity contribution in [3.8, 4) is 0 Å². The number of carbonyl (C=O) groups excluding carboxylic acids is 1. The van der Waals surface area contributed by atoms with Crippen LogP contribution in [0, 0.1) is 17.7 Å². The minimum Gasteiger partial charge on any atom is -0.444 e. The van der Waals surface area contributed by atoms with Crippen LogP contribution in [0.3, 0.4) is 0 Å². The molecule has 0 radical (unpaired) electrons. The number of amides is 1. The molecule has 0 aliphatic heterocycles. The van der Waals surface area contributed by atoms with Gasteiger partial charge in [0.1, 0.15) is 11.4 Å². The molecule has 0 aromatic heterocycles. The molecule has 5 heteroatoms. The normalized spacial score (nSPS) is 25.5. The smallest absolute Gasteiger partial charge is 0.412 e. The number of ether oxygens (including phenoxy) is 1. The molecular formula is C18H23FN2O2. The zero-order chi connectivity index (χ0) is 16.6. The minimum atomic E-state index is -0.656. The number of hydrogen-bond donors (Lipinski definition) is 2. The summed E-state index contributed by atoms with van der Waals surface area (Å²) in [6.45, 7) is 5.30. The summed E-state index contributed by atoms with van der Waals surface area (Å²) >= 11 is 0. The Morgan fingerprint density at radius 2 is 2.13 bits per heavy atom. The molecule has 0 bridgehead atoms. The van der Waals surface area contributed by atoms with Gasteiger partial charge in [0.15, 0.2) is 0 Å². The first kappa shape index (κ1) is 15.8. The second-order valence-corrected chi connectivity index (χ2v) is 7.31. The molecule has 2 N–H and O–H groups in total. The molecule has 0 saturated heterocycles. The molecule has 1 aromatic carbocycles. The Morgan fingerprint density at radius 1 is 1.35 bits per heavy atom. The second-order valence-electron chi connectivity index (χ2n) is 7.31. The number of carbonyl (C=O) groups is 1. The van der Waals surface area contributed by atoms with Gasteiger partial charge in [-0.05, 0) is 57.7 Å². The van der Waals surface area contributed by atoms with Crippen LogP contribution in [0.2, 0.25) is 0 Å². The fourth-order valence-corrected chi connectivity index (χ4v) is 3.22. The number of benzene rings is 1. The van der Waals surface area contributed by atoms with E-state index in [1.54, 1.807) is 32.9 Å². The van der Waals surface area contributed by atoms with Gasteiger partial charge in [0, 0.05) is 17.6 Å². The SMILES string of the molecule is CC(C)(C)OC(=O)Nc1cc(NC2CC3CC=CC32)ccc1F. The molecule has 3 unspecified atom stereocenters. The van der Waals surface area contributed by atoms with E-state index in [9.17, 15) is 9.18 Å². The molecule has 0 heterocycles. The van der Waals surface area contributed by atoms with Crippen LogP contribution in [0.25, 0.3) is 0 Å². The maximum absolute atomic E-state index is 13.9. The topological polar surface area (TPSA) is 50.4 Å². The number of halogens is 1. The maximum atomic E-state index is 13.9. The lowest BCUT2D eigenvalue weighted by Gasteiger charge is -2.41. The fourth-order valence-electron chi connectivity index (χ4n) is 3.22. The Hall–Kier alpha value is -2.04. The van der Waals surface area contributed by atoms with E-state index in [4.69, 9.17) is 4.74 Å². The summed E-state index contributed by atoms with van der Waals surface area (Å²) in [5, 5.41) is 5.90. The van der Waals surface area contributed by atoms with E-state index >= 15 is 0 Å². The van der Waals surface area contributed by atoms with Gasteiger partial charge in [0.05, 0.1) is 5.69 Å². The molecule has 0 spiro atoms. The summed E-state index contributed by atoms with van der Waals surface area (Å²) in [6, 6.07) is 5.06. The summed E-state index contributed by atoms with van der Waals surface area (Å²) in [7, 11) is 0. The highest BCUT2D eigenvalue weighted by Crippen LogP contribution is 2.44. The van der Waals surface area contributed by atoms with Crippen molar-refractivity contribution in [3.63, 3.8) is 0 Å². The maximum Gasteiger partial charge on any atom is 0.412 e. The lowest BCUT2D eigenvalue weighted by molar-refractivity contribution is 0.0635. The third-order valence-corrected chi connectivity index (χ3v) is 4.32. The van der Waals surface area contributed by atoms with E-state index in [0.29, 0.717) is 12.0 Å². The third kappa shape index (κ3) is 3.66. The van der Waals surface area contributed by atoms with Crippen LogP contribution >= 0.6 is 0 Å². The van der Waals surface area contributed by atoms with Gasteiger partial charge in [0.25, 0.3) is 0 Å². The predicted octanol–water partition coefficient (Wildman–Crippen LogP) is 4.55. The zero-order valence-electron chi connectivity index (χ0n) is 13.7. The fraction of sp³-hybridized carbons (Fsp3) is 0.500. The van der Waals surface area contributed by atoms with Gasteiger partial charge in [-0.25, -0.2) is 9.18 Å². The number of anilines is 2. The molecule has 1 fully saturated rings. The molecule has 3 rings (SSSR count). The van der Waals surface area contributed by atoms with E-state index in [2.05, 4.69) is 22.8 Å². The van der Waals surface area contributed by atoms with Crippen molar-refractivity contribution in [1.29, 1.82) is 0 Å². The molecule has 1 amide bonds. The Labute approximate surface area is 136 Å². The lowest BCUT2D eigenvalue weighted by atomic mass is 9.71. The van der Waals surface area contributed by atoms with Crippen molar-refractivity contribution in [1.82, 2.24) is 0 Å². The van der Waals surface area contributed by atoms with Crippen LogP contribution in [0.5, 0.6) is 0 Å². The monoisotopic (exact) mass is 318 g/mol. The van der Waals surface area contributed by atoms with E-state index in [1.807, 2.05) is 0 Å². The van der Waals surface area contributed by atoms with Gasteiger partial charge in [-0.15, -0.1) is 0 Å². The van der Waals surface area contributed by atoms with Crippen LogP contribution in [0.15, 0.2) is 30.4 Å². The lowest BCUT2D eigenvalue weighted by Crippen LogP contribution is -2.43. The Morgan fingerprint density at radius 3 is 2.83 bits per heavy atom. The summed E-state index contributed by atoms with van der Waals surface area (Å²) in [5.41, 5.74) is 0.315. The molecule has 2 aliphatic rings. The van der Waals surface area contributed by atoms with Crippen molar-refractivity contribution in [2.24, 2.45) is 11.8 Å². The van der Waals surface area contributed by atoms with E-state index in [0.717, 1.165) is 24.4 Å². The number of hydrogen-bond acceptors (Lipinski definition) is 3. The quantitative estimate of drug-likeness (QED) is 0.804. The average molecular weight is 318 g/mol. The zero-order valence-corrected chi connectivity index (χ0v) is 13.7. The molecule has 1 aromatic rings. The van der Waals surface area contributed by atoms with Gasteiger partial charge < -0.3 is 10.1 Å². The number of allylic oxidation sites excluding steroid dienone is 1. The van der Waals surface area contributed by atoms with E-state index in [1.165, 1.54) is 6.07 Å². The highest BCUT2D eigenvalue weighted by Gasteiger charge is 2.40. The van der Waals surface area contributed by atoms with Gasteiger partial charge in [-0.3, -0.25) is 5.32 Å². The van der Waals surface area contributed by atoms with Crippen molar-refractivity contribution >= 4 is 17.5 Å². The first-order valence-corrected chi connectivity index (χ1v) is 8.04. The van der Waals surface area contributed by atoms with Crippen LogP contribution in [0.1, 0.15) is 33.6 Å². The van der Waals surface area contributed by atoms with Crippen molar-refractivity contribution in [2.75, 3.05) is 10.6 Å². The molecule has 1 saturated carbocycles. The molecule has 4 nitrogen and oxygen atoms in total. The van der Waals surface area contributed by atoms with Crippen molar-refractivity contribution in [2.45, 2.75) is 45.3 Å². The van der Waals surface area contributed by atoms with Gasteiger partial charge >= 0.3 is 6.09 Å². The van der Waals surface area contributed by atoms with Crippen LogP contribution < -0.4 is 10.6 Å². The summed E-state index contributed by atoms with van der Waals surface area (Å²) in [5.74, 6) is 0.850. The number of rotatable bonds is 3. The standard InChI is InChI=1S/C18H23FN2O2/c1-18(2,3)23-17(22)21-16-10-12(7-8-14(16)19)20-15-9-11-5-4-6-13(11)15/h4,6-8,10-11,13,15,20H,5,9H2,1-3H3,(H,21,22). The summed E-state index contributed by atoms with van der Waals surface area (Å²) in [4.78, 5) is 11.8. The van der Waals surface area contributed by atoms with Crippen molar-refractivity contribution in [3.05, 3.63) is 36.2 Å². The molecule has 23 heavy (non-hydrogen) atoms. The first-order valence-electron chi connectivity index (χ1n) is 8.04. The predicted molar refractivity (Wildman–Crippen MR) is 89.0 cm³/mol. The first-order chi connectivity index (χ1) is 10.8. The van der Waals surface area contributed by atoms with Gasteiger partial charge in [-0.2, -0.15) is 0 Å². The van der Waals surface area contributed by atoms with Crippen molar-refractivity contribution < 1.29 is 13.9 Å². The molecular weight excluding hydrogens is 295 g/mol. The largest absolute Gasteiger partial charge is 0.444 e. The van der Waals surface area contributed by atoms with E-state index in [-0.39, 0.29) is 5.69 Å². The Balaban J connectivity index is 1.64. The van der Waals surface area contributed by atoms with Gasteiger partial charge in [0.2, 0.25) is 0 Å². The summed E-state index contributed by atoms with van der Waals surface area (Å²) < 4.78 is 19.1. The minimum absolute atomic E-state index is 0.127. The Kier molecular flexibility index (Phi) is 4.04. The number of nitrogens with one attached hydrogen (secondary N) is 2. The van der Waals surface area contributed by atoms with Crippen LogP contribution in [0.4, 0.5) is 20.6 Å². The molecule has 2 aliphatic carbocycles. The highest BCUT2D eigenvalue weighted by molar-refractivity contribution is 5.85. The molecule has 3 atom stereocenters. The second kappa shape index (κ2) is 5.87. The van der Waals surface area contributed by atoms with Gasteiger partial charge in [-0.1, -0.05) is 12.2 Å². The van der Waals surface area contributed by atoms with Crippen LogP contribution in [-0.2, 0) is 4.74 Å². The van der Waals surface area contributed by atoms with Crippen LogP contribution in [-0.4, -0.2) is 17.7 Å². The Bertz CT molecular complexity index is 636.